The molecule has 2 atom stereocenters. The molecule has 1 saturated heterocycles. The van der Waals surface area contributed by atoms with E-state index in [1.54, 1.807) is 24.3 Å². The first-order valence-corrected chi connectivity index (χ1v) is 11.9. The molecule has 0 aromatic heterocycles. The first kappa shape index (κ1) is 24.9. The molecule has 36 heavy (non-hydrogen) atoms. The van der Waals surface area contributed by atoms with Crippen LogP contribution in [0.25, 0.3) is 0 Å². The summed E-state index contributed by atoms with van der Waals surface area (Å²) in [5, 5.41) is 12.5. The Balaban J connectivity index is 1.83. The number of ether oxygens (including phenoxy) is 2. The van der Waals surface area contributed by atoms with E-state index in [4.69, 9.17) is 15.2 Å². The fraction of sp³-hybridized carbons (Fsp3) is 0.231. The fourth-order valence-electron chi connectivity index (χ4n) is 4.17. The van der Waals surface area contributed by atoms with Crippen molar-refractivity contribution >= 4 is 29.5 Å². The first-order valence-electron chi connectivity index (χ1n) is 11.1. The molecular formula is C26H24N4O5S. The molecule has 0 spiro atoms. The number of nitrogens with one attached hydrogen (secondary N) is 1. The number of methoxy groups -OCH3 is 2. The van der Waals surface area contributed by atoms with Gasteiger partial charge in [0.2, 0.25) is 5.91 Å². The Labute approximate surface area is 212 Å². The fourth-order valence-corrected chi connectivity index (χ4v) is 5.50. The summed E-state index contributed by atoms with van der Waals surface area (Å²) in [7, 11) is 2.76. The lowest BCUT2D eigenvalue weighted by Crippen LogP contribution is -2.40. The summed E-state index contributed by atoms with van der Waals surface area (Å²) < 4.78 is 10.1. The lowest BCUT2D eigenvalue weighted by Gasteiger charge is -2.32. The van der Waals surface area contributed by atoms with Crippen LogP contribution < -0.4 is 15.8 Å². The predicted octanol–water partition coefficient (Wildman–Crippen LogP) is 2.52. The number of rotatable bonds is 7. The molecule has 2 aliphatic heterocycles. The van der Waals surface area contributed by atoms with Gasteiger partial charge >= 0.3 is 5.97 Å². The average molecular weight is 505 g/mol. The molecule has 0 unspecified atom stereocenters. The highest BCUT2D eigenvalue weighted by molar-refractivity contribution is 8.04. The van der Waals surface area contributed by atoms with Gasteiger partial charge in [-0.25, -0.2) is 0 Å². The Morgan fingerprint density at radius 2 is 1.92 bits per heavy atom. The Morgan fingerprint density at radius 1 is 1.17 bits per heavy atom. The number of nitrogens with two attached hydrogens (primary N) is 1. The predicted molar refractivity (Wildman–Crippen MR) is 133 cm³/mol. The molecule has 0 bridgehead atoms. The number of esters is 1. The molecule has 10 heteroatoms. The zero-order valence-electron chi connectivity index (χ0n) is 19.7. The van der Waals surface area contributed by atoms with Gasteiger partial charge in [0.25, 0.3) is 5.91 Å². The summed E-state index contributed by atoms with van der Waals surface area (Å²) in [6, 6.07) is 18.5. The maximum Gasteiger partial charge on any atom is 0.307 e. The number of amides is 2. The largest absolute Gasteiger partial charge is 0.497 e. The number of benzene rings is 2. The van der Waals surface area contributed by atoms with Gasteiger partial charge in [-0.15, -0.1) is 0 Å². The highest BCUT2D eigenvalue weighted by atomic mass is 32.2. The Hall–Kier alpha value is -4.23. The average Bonchev–Trinajstić information content (AvgIpc) is 3.23. The van der Waals surface area contributed by atoms with E-state index in [9.17, 15) is 19.6 Å². The molecule has 2 heterocycles. The van der Waals surface area contributed by atoms with Crippen LogP contribution in [0.3, 0.4) is 0 Å². The van der Waals surface area contributed by atoms with Gasteiger partial charge in [0.1, 0.15) is 16.8 Å². The standard InChI is InChI=1S/C26H24N4O5S/c1-34-17-10-6-9-16(11-17)21-18(13-27)23(28)30-25(33)19(12-20(31)35-2)36-26(30)22(21)24(32)29-14-15-7-4-3-5-8-15/h3-11,19,21H,12,14,28H2,1-2H3,(H,29,32)/t19-,21-/m0/s1. The number of thioether (sulfide) groups is 1. The van der Waals surface area contributed by atoms with Crippen molar-refractivity contribution in [1.29, 1.82) is 5.26 Å². The highest BCUT2D eigenvalue weighted by Gasteiger charge is 2.48. The van der Waals surface area contributed by atoms with E-state index in [0.29, 0.717) is 16.3 Å². The van der Waals surface area contributed by atoms with E-state index in [0.717, 1.165) is 17.3 Å². The highest BCUT2D eigenvalue weighted by Crippen LogP contribution is 2.50. The number of carbonyl (C=O) groups excluding carboxylic acids is 3. The van der Waals surface area contributed by atoms with Gasteiger partial charge in [0, 0.05) is 6.54 Å². The van der Waals surface area contributed by atoms with Crippen molar-refractivity contribution < 1.29 is 23.9 Å². The second-order valence-electron chi connectivity index (χ2n) is 8.07. The van der Waals surface area contributed by atoms with Crippen LogP contribution in [0.2, 0.25) is 0 Å². The normalized spacial score (nSPS) is 19.0. The third-order valence-corrected chi connectivity index (χ3v) is 7.22. The van der Waals surface area contributed by atoms with Gasteiger partial charge in [-0.2, -0.15) is 5.26 Å². The minimum absolute atomic E-state index is 0.0598. The lowest BCUT2D eigenvalue weighted by molar-refractivity contribution is -0.142. The van der Waals surface area contributed by atoms with E-state index >= 15 is 0 Å². The Morgan fingerprint density at radius 3 is 2.58 bits per heavy atom. The van der Waals surface area contributed by atoms with Crippen LogP contribution in [0.5, 0.6) is 5.75 Å². The number of allylic oxidation sites excluding steroid dienone is 1. The van der Waals surface area contributed by atoms with Crippen LogP contribution >= 0.6 is 11.8 Å². The molecule has 0 radical (unpaired) electrons. The molecule has 3 N–H and O–H groups in total. The summed E-state index contributed by atoms with van der Waals surface area (Å²) in [5.41, 5.74) is 8.11. The van der Waals surface area contributed by atoms with Crippen LogP contribution in [-0.4, -0.2) is 42.2 Å². The zero-order valence-corrected chi connectivity index (χ0v) is 20.5. The van der Waals surface area contributed by atoms with Gasteiger partial charge in [-0.1, -0.05) is 54.2 Å². The smallest absolute Gasteiger partial charge is 0.307 e. The third-order valence-electron chi connectivity index (χ3n) is 5.95. The minimum atomic E-state index is -0.843. The van der Waals surface area contributed by atoms with Gasteiger partial charge in [0.05, 0.1) is 48.8 Å². The SMILES string of the molecule is COC(=O)C[C@@H]1SC2=C(C(=O)NCc3ccccc3)[C@@H](c3cccc(OC)c3)C(C#N)=C(N)N2C1=O. The van der Waals surface area contributed by atoms with Gasteiger partial charge in [-0.05, 0) is 23.3 Å². The van der Waals surface area contributed by atoms with Gasteiger partial charge in [0.15, 0.2) is 0 Å². The zero-order chi connectivity index (χ0) is 25.8. The number of hydrogen-bond donors (Lipinski definition) is 2. The second kappa shape index (κ2) is 10.6. The summed E-state index contributed by atoms with van der Waals surface area (Å²) in [6.45, 7) is 0.243. The summed E-state index contributed by atoms with van der Waals surface area (Å²) in [4.78, 5) is 40.1. The number of hydrogen-bond acceptors (Lipinski definition) is 8. The summed E-state index contributed by atoms with van der Waals surface area (Å²) in [6.07, 6.45) is -0.197. The number of nitrogens with zero attached hydrogens (tertiary/aromatic N) is 2. The molecular weight excluding hydrogens is 480 g/mol. The van der Waals surface area contributed by atoms with Crippen LogP contribution in [0.15, 0.2) is 76.6 Å². The first-order chi connectivity index (χ1) is 17.4. The molecule has 2 aromatic rings. The van der Waals surface area contributed by atoms with E-state index < -0.39 is 29.0 Å². The van der Waals surface area contributed by atoms with Crippen LogP contribution in [0.1, 0.15) is 23.5 Å². The number of fused-ring (bicyclic) bond motifs is 1. The Bertz CT molecular complexity index is 1320. The molecule has 2 aromatic carbocycles. The van der Waals surface area contributed by atoms with E-state index in [-0.39, 0.29) is 29.9 Å². The van der Waals surface area contributed by atoms with E-state index in [1.165, 1.54) is 19.1 Å². The van der Waals surface area contributed by atoms with Crippen LogP contribution in [0.4, 0.5) is 0 Å². The van der Waals surface area contributed by atoms with Crippen molar-refractivity contribution in [2.75, 3.05) is 14.2 Å². The molecule has 2 amide bonds. The topological polar surface area (TPSA) is 135 Å². The molecule has 9 nitrogen and oxygen atoms in total. The van der Waals surface area contributed by atoms with Crippen molar-refractivity contribution in [3.05, 3.63) is 87.7 Å². The maximum absolute atomic E-state index is 13.7. The van der Waals surface area contributed by atoms with E-state index in [2.05, 4.69) is 11.4 Å². The lowest BCUT2D eigenvalue weighted by atomic mass is 9.82. The summed E-state index contributed by atoms with van der Waals surface area (Å²) >= 11 is 1.07. The Kier molecular flexibility index (Phi) is 7.31. The number of nitriles is 1. The van der Waals surface area contributed by atoms with Crippen LogP contribution in [0, 0.1) is 11.3 Å². The number of carbonyl (C=O) groups is 3. The minimum Gasteiger partial charge on any atom is -0.497 e. The molecule has 4 rings (SSSR count). The van der Waals surface area contributed by atoms with Crippen molar-refractivity contribution in [3.8, 4) is 11.8 Å². The van der Waals surface area contributed by atoms with E-state index in [1.807, 2.05) is 30.3 Å². The molecule has 184 valence electrons. The molecule has 0 saturated carbocycles. The van der Waals surface area contributed by atoms with Crippen molar-refractivity contribution in [1.82, 2.24) is 10.2 Å². The third kappa shape index (κ3) is 4.65. The maximum atomic E-state index is 13.7. The molecule has 2 aliphatic rings. The van der Waals surface area contributed by atoms with Gasteiger partial charge < -0.3 is 20.5 Å². The van der Waals surface area contributed by atoms with Crippen molar-refractivity contribution in [3.63, 3.8) is 0 Å². The quantitative estimate of drug-likeness (QED) is 0.549. The summed E-state index contributed by atoms with van der Waals surface area (Å²) in [5.74, 6) is -1.87. The van der Waals surface area contributed by atoms with Crippen molar-refractivity contribution in [2.45, 2.75) is 24.1 Å². The van der Waals surface area contributed by atoms with Crippen LogP contribution in [-0.2, 0) is 25.7 Å². The van der Waals surface area contributed by atoms with Gasteiger partial charge in [-0.3, -0.25) is 19.3 Å². The second-order valence-corrected chi connectivity index (χ2v) is 9.26. The molecule has 0 aliphatic carbocycles. The molecule has 1 fully saturated rings. The monoisotopic (exact) mass is 504 g/mol. The van der Waals surface area contributed by atoms with Crippen molar-refractivity contribution in [2.24, 2.45) is 5.73 Å².